The molecule has 3 heteroatoms. The minimum absolute atomic E-state index is 0.113. The zero-order valence-corrected chi connectivity index (χ0v) is 12.3. The average Bonchev–Trinajstić information content (AvgIpc) is 2.41. The summed E-state index contributed by atoms with van der Waals surface area (Å²) < 4.78 is 0. The third kappa shape index (κ3) is 3.14. The van der Waals surface area contributed by atoms with E-state index in [1.54, 1.807) is 6.20 Å². The van der Waals surface area contributed by atoms with Crippen LogP contribution in [-0.2, 0) is 0 Å². The summed E-state index contributed by atoms with van der Waals surface area (Å²) in [7, 11) is 0. The van der Waals surface area contributed by atoms with Gasteiger partial charge >= 0.3 is 0 Å². The molecule has 1 heterocycles. The highest BCUT2D eigenvalue weighted by atomic mass is 35.5. The fourth-order valence-electron chi connectivity index (χ4n) is 2.22. The second-order valence-electron chi connectivity index (χ2n) is 4.68. The van der Waals surface area contributed by atoms with E-state index in [1.807, 2.05) is 12.1 Å². The molecule has 2 rings (SSSR count). The number of rotatable bonds is 4. The highest BCUT2D eigenvalue weighted by molar-refractivity contribution is 6.30. The van der Waals surface area contributed by atoms with E-state index in [0.29, 0.717) is 5.02 Å². The normalized spacial score (nSPS) is 12.4. The van der Waals surface area contributed by atoms with Crippen LogP contribution >= 0.6 is 11.6 Å². The molecular weight excluding hydrogens is 256 g/mol. The molecule has 0 spiro atoms. The molecule has 1 atom stereocenters. The second-order valence-corrected chi connectivity index (χ2v) is 5.12. The summed E-state index contributed by atoms with van der Waals surface area (Å²) in [5.74, 6) is 0. The van der Waals surface area contributed by atoms with Crippen molar-refractivity contribution in [3.63, 3.8) is 0 Å². The molecule has 0 aliphatic heterocycles. The SMILES string of the molecule is CCNC(c1ccc(Cl)cn1)c1cccc(C)c1C. The van der Waals surface area contributed by atoms with Gasteiger partial charge in [-0.3, -0.25) is 4.98 Å². The van der Waals surface area contributed by atoms with E-state index >= 15 is 0 Å². The van der Waals surface area contributed by atoms with Gasteiger partial charge in [-0.25, -0.2) is 0 Å². The van der Waals surface area contributed by atoms with Crippen molar-refractivity contribution in [1.29, 1.82) is 0 Å². The van der Waals surface area contributed by atoms with Gasteiger partial charge in [0.05, 0.1) is 16.8 Å². The summed E-state index contributed by atoms with van der Waals surface area (Å²) in [5, 5.41) is 4.16. The number of aromatic nitrogens is 1. The number of benzene rings is 1. The molecule has 1 N–H and O–H groups in total. The first-order valence-corrected chi connectivity index (χ1v) is 6.92. The fraction of sp³-hybridized carbons (Fsp3) is 0.312. The van der Waals surface area contributed by atoms with E-state index in [-0.39, 0.29) is 6.04 Å². The largest absolute Gasteiger partial charge is 0.305 e. The van der Waals surface area contributed by atoms with Crippen molar-refractivity contribution < 1.29 is 0 Å². The van der Waals surface area contributed by atoms with Crippen molar-refractivity contribution in [2.75, 3.05) is 6.54 Å². The number of halogens is 1. The van der Waals surface area contributed by atoms with E-state index in [1.165, 1.54) is 16.7 Å². The molecule has 0 fully saturated rings. The first-order chi connectivity index (χ1) is 9.13. The van der Waals surface area contributed by atoms with Crippen LogP contribution in [0.15, 0.2) is 36.5 Å². The summed E-state index contributed by atoms with van der Waals surface area (Å²) in [5.41, 5.74) is 4.89. The predicted octanol–water partition coefficient (Wildman–Crippen LogP) is 4.05. The zero-order valence-electron chi connectivity index (χ0n) is 11.6. The molecule has 0 bridgehead atoms. The lowest BCUT2D eigenvalue weighted by Crippen LogP contribution is -2.23. The van der Waals surface area contributed by atoms with Crippen LogP contribution in [-0.4, -0.2) is 11.5 Å². The third-order valence-electron chi connectivity index (χ3n) is 3.41. The van der Waals surface area contributed by atoms with Gasteiger partial charge in [0.15, 0.2) is 0 Å². The summed E-state index contributed by atoms with van der Waals surface area (Å²) >= 11 is 5.91. The highest BCUT2D eigenvalue weighted by Crippen LogP contribution is 2.25. The third-order valence-corrected chi connectivity index (χ3v) is 3.64. The average molecular weight is 275 g/mol. The topological polar surface area (TPSA) is 24.9 Å². The van der Waals surface area contributed by atoms with Gasteiger partial charge in [0, 0.05) is 6.20 Å². The Labute approximate surface area is 119 Å². The van der Waals surface area contributed by atoms with Crippen LogP contribution in [0.1, 0.15) is 35.3 Å². The van der Waals surface area contributed by atoms with E-state index in [2.05, 4.69) is 49.3 Å². The summed E-state index contributed by atoms with van der Waals surface area (Å²) in [6.07, 6.45) is 1.70. The molecule has 0 aliphatic carbocycles. The van der Waals surface area contributed by atoms with E-state index in [9.17, 15) is 0 Å². The minimum atomic E-state index is 0.113. The number of nitrogens with zero attached hydrogens (tertiary/aromatic N) is 1. The van der Waals surface area contributed by atoms with Gasteiger partial charge in [0.25, 0.3) is 0 Å². The maximum absolute atomic E-state index is 5.91. The number of aryl methyl sites for hydroxylation is 1. The van der Waals surface area contributed by atoms with Crippen molar-refractivity contribution in [2.24, 2.45) is 0 Å². The van der Waals surface area contributed by atoms with E-state index < -0.39 is 0 Å². The predicted molar refractivity (Wildman–Crippen MR) is 80.7 cm³/mol. The van der Waals surface area contributed by atoms with Gasteiger partial charge in [-0.15, -0.1) is 0 Å². The van der Waals surface area contributed by atoms with Gasteiger partial charge in [-0.1, -0.05) is 36.7 Å². The van der Waals surface area contributed by atoms with Crippen LogP contribution < -0.4 is 5.32 Å². The molecule has 0 aliphatic rings. The zero-order chi connectivity index (χ0) is 13.8. The van der Waals surface area contributed by atoms with Crippen molar-refractivity contribution in [1.82, 2.24) is 10.3 Å². The Morgan fingerprint density at radius 2 is 2.00 bits per heavy atom. The molecule has 2 nitrogen and oxygen atoms in total. The maximum atomic E-state index is 5.91. The van der Waals surface area contributed by atoms with Crippen molar-refractivity contribution in [3.8, 4) is 0 Å². The number of hydrogen-bond acceptors (Lipinski definition) is 2. The number of hydrogen-bond donors (Lipinski definition) is 1. The number of pyridine rings is 1. The first-order valence-electron chi connectivity index (χ1n) is 6.54. The lowest BCUT2D eigenvalue weighted by atomic mass is 9.95. The van der Waals surface area contributed by atoms with Crippen LogP contribution in [0.5, 0.6) is 0 Å². The Morgan fingerprint density at radius 3 is 2.63 bits per heavy atom. The Morgan fingerprint density at radius 1 is 1.21 bits per heavy atom. The first kappa shape index (κ1) is 14.0. The van der Waals surface area contributed by atoms with Crippen LogP contribution in [0.4, 0.5) is 0 Å². The Bertz CT molecular complexity index is 549. The van der Waals surface area contributed by atoms with Gasteiger partial charge in [0.2, 0.25) is 0 Å². The van der Waals surface area contributed by atoms with Gasteiger partial charge in [-0.2, -0.15) is 0 Å². The molecule has 100 valence electrons. The van der Waals surface area contributed by atoms with Gasteiger partial charge < -0.3 is 5.32 Å². The molecule has 2 aromatic rings. The van der Waals surface area contributed by atoms with Crippen LogP contribution in [0.3, 0.4) is 0 Å². The standard InChI is InChI=1S/C16H19ClN2/c1-4-18-16(15-9-8-13(17)10-19-15)14-7-5-6-11(2)12(14)3/h5-10,16,18H,4H2,1-3H3. The van der Waals surface area contributed by atoms with Crippen LogP contribution in [0.25, 0.3) is 0 Å². The monoisotopic (exact) mass is 274 g/mol. The Balaban J connectivity index is 2.45. The van der Waals surface area contributed by atoms with Crippen molar-refractivity contribution >= 4 is 11.6 Å². The molecule has 0 saturated heterocycles. The van der Waals surface area contributed by atoms with Gasteiger partial charge in [0.1, 0.15) is 0 Å². The molecule has 1 unspecified atom stereocenters. The molecule has 0 radical (unpaired) electrons. The molecule has 0 saturated carbocycles. The summed E-state index contributed by atoms with van der Waals surface area (Å²) in [4.78, 5) is 4.45. The molecule has 19 heavy (non-hydrogen) atoms. The van der Waals surface area contributed by atoms with Crippen LogP contribution in [0, 0.1) is 13.8 Å². The van der Waals surface area contributed by atoms with Crippen molar-refractivity contribution in [2.45, 2.75) is 26.8 Å². The molecular formula is C16H19ClN2. The highest BCUT2D eigenvalue weighted by Gasteiger charge is 2.16. The molecule has 0 amide bonds. The minimum Gasteiger partial charge on any atom is -0.305 e. The van der Waals surface area contributed by atoms with Crippen LogP contribution in [0.2, 0.25) is 5.02 Å². The fourth-order valence-corrected chi connectivity index (χ4v) is 2.33. The Hall–Kier alpha value is -1.38. The van der Waals surface area contributed by atoms with E-state index in [0.717, 1.165) is 12.2 Å². The molecule has 1 aromatic carbocycles. The number of nitrogens with one attached hydrogen (secondary N) is 1. The summed E-state index contributed by atoms with van der Waals surface area (Å²) in [6.45, 7) is 7.29. The lowest BCUT2D eigenvalue weighted by Gasteiger charge is -2.21. The summed E-state index contributed by atoms with van der Waals surface area (Å²) in [6, 6.07) is 10.4. The smallest absolute Gasteiger partial charge is 0.0754 e. The molecule has 1 aromatic heterocycles. The Kier molecular flexibility index (Phi) is 4.56. The maximum Gasteiger partial charge on any atom is 0.0754 e. The second kappa shape index (κ2) is 6.18. The van der Waals surface area contributed by atoms with Crippen molar-refractivity contribution in [3.05, 3.63) is 63.9 Å². The lowest BCUT2D eigenvalue weighted by molar-refractivity contribution is 0.612. The van der Waals surface area contributed by atoms with E-state index in [4.69, 9.17) is 11.6 Å². The quantitative estimate of drug-likeness (QED) is 0.910. The van der Waals surface area contributed by atoms with Gasteiger partial charge in [-0.05, 0) is 49.2 Å².